The Hall–Kier alpha value is -3.71. The molecule has 4 N–H and O–H groups in total. The van der Waals surface area contributed by atoms with Gasteiger partial charge in [-0.05, 0) is 47.9 Å². The van der Waals surface area contributed by atoms with Crippen LogP contribution in [0.15, 0.2) is 59.7 Å². The number of nitrogens with two attached hydrogens (primary N) is 1. The van der Waals surface area contributed by atoms with Crippen molar-refractivity contribution in [3.8, 4) is 23.0 Å². The predicted octanol–water partition coefficient (Wildman–Crippen LogP) is 3.66. The van der Waals surface area contributed by atoms with Gasteiger partial charge in [0.05, 0.1) is 26.4 Å². The second-order valence-electron chi connectivity index (χ2n) is 6.39. The standard InChI is InChI=1S/C24H27NO6/c1-4-31-24(28)19(15-25)18(9-5-16-7-11-20(26)22(13-16)29-2)10-6-17-8-12-21(27)23(14-17)30-3/h5-14,26-27H,4,15,25H2,1-3H3/b9-5+,10-6+. The van der Waals surface area contributed by atoms with Crippen LogP contribution in [0.1, 0.15) is 18.1 Å². The molecule has 0 aliphatic rings. The molecule has 0 fully saturated rings. The second-order valence-corrected chi connectivity index (χ2v) is 6.39. The minimum atomic E-state index is -0.499. The number of phenolic OH excluding ortho intramolecular Hbond substituents is 2. The molecule has 0 atom stereocenters. The summed E-state index contributed by atoms with van der Waals surface area (Å²) in [4.78, 5) is 12.4. The van der Waals surface area contributed by atoms with Gasteiger partial charge < -0.3 is 30.2 Å². The van der Waals surface area contributed by atoms with Crippen LogP contribution in [-0.2, 0) is 9.53 Å². The molecule has 0 unspecified atom stereocenters. The lowest BCUT2D eigenvalue weighted by Crippen LogP contribution is -2.17. The van der Waals surface area contributed by atoms with Crippen LogP contribution >= 0.6 is 0 Å². The first-order valence-electron chi connectivity index (χ1n) is 9.64. The summed E-state index contributed by atoms with van der Waals surface area (Å²) < 4.78 is 15.4. The van der Waals surface area contributed by atoms with Gasteiger partial charge in [0.1, 0.15) is 0 Å². The van der Waals surface area contributed by atoms with Crippen molar-refractivity contribution >= 4 is 18.1 Å². The molecule has 7 nitrogen and oxygen atoms in total. The first kappa shape index (κ1) is 23.6. The van der Waals surface area contributed by atoms with Crippen molar-refractivity contribution in [3.05, 3.63) is 70.8 Å². The van der Waals surface area contributed by atoms with Gasteiger partial charge in [0.2, 0.25) is 0 Å². The molecular formula is C24H27NO6. The summed E-state index contributed by atoms with van der Waals surface area (Å²) in [6, 6.07) is 9.82. The summed E-state index contributed by atoms with van der Waals surface area (Å²) in [5.74, 6) is 0.241. The molecule has 0 saturated heterocycles. The van der Waals surface area contributed by atoms with Crippen molar-refractivity contribution in [1.82, 2.24) is 0 Å². The van der Waals surface area contributed by atoms with Gasteiger partial charge in [0.25, 0.3) is 0 Å². The Morgan fingerprint density at radius 1 is 0.935 bits per heavy atom. The summed E-state index contributed by atoms with van der Waals surface area (Å²) in [5.41, 5.74) is 8.22. The Balaban J connectivity index is 2.47. The van der Waals surface area contributed by atoms with Crippen molar-refractivity contribution in [2.75, 3.05) is 27.4 Å². The van der Waals surface area contributed by atoms with E-state index in [4.69, 9.17) is 19.9 Å². The SMILES string of the molecule is CCOC(=O)C(CN)=C(/C=C/c1ccc(O)c(OC)c1)/C=C/c1ccc(O)c(OC)c1. The van der Waals surface area contributed by atoms with Crippen LogP contribution in [-0.4, -0.2) is 43.6 Å². The van der Waals surface area contributed by atoms with E-state index in [9.17, 15) is 15.0 Å². The summed E-state index contributed by atoms with van der Waals surface area (Å²) in [6.45, 7) is 1.94. The van der Waals surface area contributed by atoms with Crippen LogP contribution in [0.25, 0.3) is 12.2 Å². The van der Waals surface area contributed by atoms with Crippen LogP contribution in [0.4, 0.5) is 0 Å². The van der Waals surface area contributed by atoms with E-state index in [1.165, 1.54) is 26.4 Å². The Morgan fingerprint density at radius 2 is 1.42 bits per heavy atom. The molecule has 2 aromatic carbocycles. The average Bonchev–Trinajstić information content (AvgIpc) is 2.77. The van der Waals surface area contributed by atoms with E-state index in [1.807, 2.05) is 0 Å². The minimum absolute atomic E-state index is 0.0132. The number of esters is 1. The van der Waals surface area contributed by atoms with Crippen LogP contribution in [0.2, 0.25) is 0 Å². The Labute approximate surface area is 181 Å². The van der Waals surface area contributed by atoms with Gasteiger partial charge in [-0.1, -0.05) is 36.4 Å². The fourth-order valence-corrected chi connectivity index (χ4v) is 2.76. The highest BCUT2D eigenvalue weighted by Gasteiger charge is 2.12. The quantitative estimate of drug-likeness (QED) is 0.319. The molecule has 0 spiro atoms. The maximum atomic E-state index is 12.4. The zero-order valence-electron chi connectivity index (χ0n) is 17.8. The molecule has 0 radical (unpaired) electrons. The molecule has 0 aliphatic heterocycles. The number of rotatable bonds is 9. The molecule has 31 heavy (non-hydrogen) atoms. The lowest BCUT2D eigenvalue weighted by atomic mass is 10.0. The van der Waals surface area contributed by atoms with E-state index >= 15 is 0 Å². The highest BCUT2D eigenvalue weighted by molar-refractivity contribution is 5.91. The number of carbonyl (C=O) groups is 1. The van der Waals surface area contributed by atoms with E-state index in [0.29, 0.717) is 22.6 Å². The number of allylic oxidation sites excluding steroid dienone is 3. The van der Waals surface area contributed by atoms with E-state index in [2.05, 4.69) is 0 Å². The number of aromatic hydroxyl groups is 2. The van der Waals surface area contributed by atoms with Crippen LogP contribution in [0.5, 0.6) is 23.0 Å². The van der Waals surface area contributed by atoms with Gasteiger partial charge in [-0.15, -0.1) is 0 Å². The molecule has 0 bridgehead atoms. The number of benzene rings is 2. The van der Waals surface area contributed by atoms with Crippen LogP contribution < -0.4 is 15.2 Å². The molecule has 0 heterocycles. The zero-order valence-corrected chi connectivity index (χ0v) is 17.8. The van der Waals surface area contributed by atoms with Crippen molar-refractivity contribution in [2.24, 2.45) is 5.73 Å². The lowest BCUT2D eigenvalue weighted by Gasteiger charge is -2.08. The molecule has 0 amide bonds. The van der Waals surface area contributed by atoms with Crippen molar-refractivity contribution in [2.45, 2.75) is 6.92 Å². The Morgan fingerprint density at radius 3 is 1.81 bits per heavy atom. The number of ether oxygens (including phenoxy) is 3. The first-order chi connectivity index (χ1) is 14.9. The number of hydrogen-bond acceptors (Lipinski definition) is 7. The van der Waals surface area contributed by atoms with Crippen molar-refractivity contribution in [3.63, 3.8) is 0 Å². The molecule has 0 aliphatic carbocycles. The number of hydrogen-bond donors (Lipinski definition) is 3. The largest absolute Gasteiger partial charge is 0.504 e. The highest BCUT2D eigenvalue weighted by atomic mass is 16.5. The number of methoxy groups -OCH3 is 2. The van der Waals surface area contributed by atoms with E-state index < -0.39 is 5.97 Å². The third-order valence-corrected chi connectivity index (χ3v) is 4.39. The number of phenols is 2. The zero-order chi connectivity index (χ0) is 22.8. The van der Waals surface area contributed by atoms with E-state index in [1.54, 1.807) is 55.5 Å². The smallest absolute Gasteiger partial charge is 0.335 e. The van der Waals surface area contributed by atoms with E-state index in [0.717, 1.165) is 11.1 Å². The van der Waals surface area contributed by atoms with Crippen LogP contribution in [0, 0.1) is 0 Å². The van der Waals surface area contributed by atoms with Crippen molar-refractivity contribution in [1.29, 1.82) is 0 Å². The molecule has 2 rings (SSSR count). The molecule has 0 saturated carbocycles. The third kappa shape index (κ3) is 6.38. The fourth-order valence-electron chi connectivity index (χ4n) is 2.76. The van der Waals surface area contributed by atoms with Gasteiger partial charge >= 0.3 is 5.97 Å². The van der Waals surface area contributed by atoms with Gasteiger partial charge in [0.15, 0.2) is 23.0 Å². The summed E-state index contributed by atoms with van der Waals surface area (Å²) in [5, 5.41) is 19.5. The maximum absolute atomic E-state index is 12.4. The predicted molar refractivity (Wildman–Crippen MR) is 120 cm³/mol. The number of carbonyl (C=O) groups excluding carboxylic acids is 1. The Kier molecular flexibility index (Phi) is 8.72. The summed E-state index contributed by atoms with van der Waals surface area (Å²) in [7, 11) is 2.94. The van der Waals surface area contributed by atoms with Crippen LogP contribution in [0.3, 0.4) is 0 Å². The van der Waals surface area contributed by atoms with E-state index in [-0.39, 0.29) is 24.7 Å². The average molecular weight is 425 g/mol. The summed E-state index contributed by atoms with van der Waals surface area (Å²) >= 11 is 0. The first-order valence-corrected chi connectivity index (χ1v) is 9.64. The van der Waals surface area contributed by atoms with Gasteiger partial charge in [0, 0.05) is 6.54 Å². The molecular weight excluding hydrogens is 398 g/mol. The Bertz CT molecular complexity index is 942. The lowest BCUT2D eigenvalue weighted by molar-refractivity contribution is -0.138. The normalized spacial score (nSPS) is 11.0. The molecule has 7 heteroatoms. The van der Waals surface area contributed by atoms with Gasteiger partial charge in [-0.3, -0.25) is 0 Å². The monoisotopic (exact) mass is 425 g/mol. The third-order valence-electron chi connectivity index (χ3n) is 4.39. The fraction of sp³-hybridized carbons (Fsp3) is 0.208. The minimum Gasteiger partial charge on any atom is -0.504 e. The molecule has 0 aromatic heterocycles. The van der Waals surface area contributed by atoms with Gasteiger partial charge in [-0.2, -0.15) is 0 Å². The van der Waals surface area contributed by atoms with Crippen molar-refractivity contribution < 1.29 is 29.2 Å². The summed E-state index contributed by atoms with van der Waals surface area (Å²) in [6.07, 6.45) is 7.01. The maximum Gasteiger partial charge on any atom is 0.335 e. The van der Waals surface area contributed by atoms with Gasteiger partial charge in [-0.25, -0.2) is 4.79 Å². The molecule has 2 aromatic rings. The molecule has 164 valence electrons. The topological polar surface area (TPSA) is 111 Å². The highest BCUT2D eigenvalue weighted by Crippen LogP contribution is 2.28. The second kappa shape index (κ2) is 11.5.